The zero-order valence-electron chi connectivity index (χ0n) is 28.9. The molecule has 3 heteroatoms. The number of benzene rings is 8. The molecule has 0 fully saturated rings. The van der Waals surface area contributed by atoms with Crippen LogP contribution < -0.4 is 0 Å². The van der Waals surface area contributed by atoms with Crippen molar-refractivity contribution in [2.24, 2.45) is 0 Å². The van der Waals surface area contributed by atoms with Gasteiger partial charge in [-0.25, -0.2) is 9.97 Å². The summed E-state index contributed by atoms with van der Waals surface area (Å²) in [6.45, 7) is 0. The van der Waals surface area contributed by atoms with Crippen LogP contribution in [0.15, 0.2) is 200 Å². The molecule has 0 bridgehead atoms. The number of fused-ring (bicyclic) bond motifs is 4. The van der Waals surface area contributed by atoms with Crippen LogP contribution in [0.5, 0.6) is 0 Å². The van der Waals surface area contributed by atoms with E-state index in [0.29, 0.717) is 5.82 Å². The third-order valence-electron chi connectivity index (χ3n) is 10.2. The molecule has 2 aromatic heterocycles. The minimum Gasteiger partial charge on any atom is -0.309 e. The van der Waals surface area contributed by atoms with Crippen LogP contribution in [0.25, 0.3) is 94.4 Å². The quantitative estimate of drug-likeness (QED) is 0.176. The maximum Gasteiger partial charge on any atom is 0.160 e. The Balaban J connectivity index is 1.07. The van der Waals surface area contributed by atoms with Gasteiger partial charge in [0.2, 0.25) is 0 Å². The zero-order chi connectivity index (χ0) is 35.1. The van der Waals surface area contributed by atoms with Crippen LogP contribution in [0, 0.1) is 0 Å². The Kier molecular flexibility index (Phi) is 7.47. The summed E-state index contributed by atoms with van der Waals surface area (Å²) in [6.07, 6.45) is 0. The molecule has 0 spiro atoms. The van der Waals surface area contributed by atoms with E-state index in [4.69, 9.17) is 9.97 Å². The third kappa shape index (κ3) is 5.65. The second-order valence-corrected chi connectivity index (χ2v) is 13.5. The smallest absolute Gasteiger partial charge is 0.160 e. The summed E-state index contributed by atoms with van der Waals surface area (Å²) in [5.41, 5.74) is 13.0. The Hall–Kier alpha value is -7.10. The van der Waals surface area contributed by atoms with Crippen molar-refractivity contribution in [2.45, 2.75) is 0 Å². The molecule has 3 nitrogen and oxygen atoms in total. The molecule has 10 rings (SSSR count). The molecule has 0 N–H and O–H groups in total. The van der Waals surface area contributed by atoms with Crippen molar-refractivity contribution >= 4 is 32.6 Å². The van der Waals surface area contributed by atoms with Gasteiger partial charge in [-0.3, -0.25) is 0 Å². The van der Waals surface area contributed by atoms with Crippen molar-refractivity contribution < 1.29 is 0 Å². The Morgan fingerprint density at radius 1 is 0.302 bits per heavy atom. The molecule has 0 saturated heterocycles. The number of nitrogens with zero attached hydrogens (tertiary/aromatic N) is 3. The summed E-state index contributed by atoms with van der Waals surface area (Å²) >= 11 is 0. The van der Waals surface area contributed by atoms with Crippen molar-refractivity contribution in [1.82, 2.24) is 14.5 Å². The van der Waals surface area contributed by atoms with Crippen molar-refractivity contribution in [2.75, 3.05) is 0 Å². The molecule has 0 amide bonds. The average molecular weight is 676 g/mol. The second kappa shape index (κ2) is 12.9. The third-order valence-corrected chi connectivity index (χ3v) is 10.2. The molecule has 0 radical (unpaired) electrons. The van der Waals surface area contributed by atoms with E-state index < -0.39 is 0 Å². The van der Waals surface area contributed by atoms with Crippen molar-refractivity contribution in [3.8, 4) is 61.8 Å². The number of aromatic nitrogens is 3. The molecule has 0 aliphatic carbocycles. The maximum absolute atomic E-state index is 5.20. The minimum atomic E-state index is 0.694. The lowest BCUT2D eigenvalue weighted by molar-refractivity contribution is 1.17. The molecule has 10 aromatic rings. The highest BCUT2D eigenvalue weighted by molar-refractivity contribution is 6.09. The first-order valence-electron chi connectivity index (χ1n) is 18.0. The molecule has 8 aromatic carbocycles. The van der Waals surface area contributed by atoms with Gasteiger partial charge >= 0.3 is 0 Å². The normalized spacial score (nSPS) is 11.4. The van der Waals surface area contributed by atoms with Gasteiger partial charge in [-0.2, -0.15) is 0 Å². The average Bonchev–Trinajstić information content (AvgIpc) is 3.58. The fourth-order valence-electron chi connectivity index (χ4n) is 7.52. The van der Waals surface area contributed by atoms with Gasteiger partial charge in [-0.05, 0) is 75.5 Å². The van der Waals surface area contributed by atoms with Gasteiger partial charge in [0.15, 0.2) is 5.82 Å². The number of para-hydroxylation sites is 2. The highest BCUT2D eigenvalue weighted by Gasteiger charge is 2.15. The summed E-state index contributed by atoms with van der Waals surface area (Å²) in [5, 5.41) is 4.98. The molecule has 0 unspecified atom stereocenters. The molecule has 0 saturated carbocycles. The van der Waals surface area contributed by atoms with Crippen LogP contribution in [0.1, 0.15) is 0 Å². The lowest BCUT2D eigenvalue weighted by atomic mass is 9.99. The molecule has 0 atom stereocenters. The van der Waals surface area contributed by atoms with Crippen LogP contribution in [0.2, 0.25) is 0 Å². The molecular weight excluding hydrogens is 643 g/mol. The Bertz CT molecular complexity index is 2870. The van der Waals surface area contributed by atoms with Crippen LogP contribution in [-0.2, 0) is 0 Å². The largest absolute Gasteiger partial charge is 0.309 e. The standard InChI is InChI=1S/C50H33N3/c1-2-11-34(12-3-1)40-15-10-16-42(32-40)47-33-46(37-27-29-43(30-28-37)53-48-19-8-6-17-44(48)45-18-7-9-20-49(45)53)51-50(52-47)38-24-21-36(22-25-38)41-26-23-35-13-4-5-14-39(35)31-41/h1-33H. The predicted molar refractivity (Wildman–Crippen MR) is 221 cm³/mol. The van der Waals surface area contributed by atoms with E-state index in [0.717, 1.165) is 44.9 Å². The van der Waals surface area contributed by atoms with Crippen LogP contribution in [0.4, 0.5) is 0 Å². The van der Waals surface area contributed by atoms with E-state index in [1.165, 1.54) is 43.7 Å². The first-order chi connectivity index (χ1) is 26.2. The number of rotatable bonds is 6. The number of hydrogen-bond acceptors (Lipinski definition) is 2. The Morgan fingerprint density at radius 3 is 1.55 bits per heavy atom. The van der Waals surface area contributed by atoms with Crippen molar-refractivity contribution in [3.63, 3.8) is 0 Å². The molecule has 0 aliphatic heterocycles. The molecule has 0 aliphatic rings. The predicted octanol–water partition coefficient (Wildman–Crippen LogP) is 13.1. The second-order valence-electron chi connectivity index (χ2n) is 13.5. The van der Waals surface area contributed by atoms with Gasteiger partial charge in [0.05, 0.1) is 22.4 Å². The Morgan fingerprint density at radius 2 is 0.811 bits per heavy atom. The van der Waals surface area contributed by atoms with Crippen LogP contribution in [-0.4, -0.2) is 14.5 Å². The topological polar surface area (TPSA) is 30.7 Å². The molecule has 2 heterocycles. The Labute approximate surface area is 308 Å². The SMILES string of the molecule is c1ccc(-c2cccc(-c3cc(-c4ccc(-n5c6ccccc6c6ccccc65)cc4)nc(-c4ccc(-c5ccc6ccccc6c5)cc4)n3)c2)cc1. The fourth-order valence-corrected chi connectivity index (χ4v) is 7.52. The first kappa shape index (κ1) is 30.7. The minimum absolute atomic E-state index is 0.694. The molecule has 248 valence electrons. The summed E-state index contributed by atoms with van der Waals surface area (Å²) < 4.78 is 2.34. The van der Waals surface area contributed by atoms with E-state index in [9.17, 15) is 0 Å². The maximum atomic E-state index is 5.20. The van der Waals surface area contributed by atoms with E-state index in [-0.39, 0.29) is 0 Å². The summed E-state index contributed by atoms with van der Waals surface area (Å²) in [4.78, 5) is 10.4. The number of hydrogen-bond donors (Lipinski definition) is 0. The van der Waals surface area contributed by atoms with Crippen LogP contribution >= 0.6 is 0 Å². The van der Waals surface area contributed by atoms with Gasteiger partial charge in [-0.15, -0.1) is 0 Å². The monoisotopic (exact) mass is 675 g/mol. The van der Waals surface area contributed by atoms with Gasteiger partial charge in [0.1, 0.15) is 0 Å². The lowest BCUT2D eigenvalue weighted by Crippen LogP contribution is -1.97. The van der Waals surface area contributed by atoms with E-state index in [1.807, 2.05) is 6.07 Å². The summed E-state index contributed by atoms with van der Waals surface area (Å²) in [7, 11) is 0. The zero-order valence-corrected chi connectivity index (χ0v) is 28.9. The first-order valence-corrected chi connectivity index (χ1v) is 18.0. The molecule has 53 heavy (non-hydrogen) atoms. The highest BCUT2D eigenvalue weighted by Crippen LogP contribution is 2.35. The fraction of sp³-hybridized carbons (Fsp3) is 0. The lowest BCUT2D eigenvalue weighted by Gasteiger charge is -2.12. The van der Waals surface area contributed by atoms with E-state index in [2.05, 4.69) is 199 Å². The summed E-state index contributed by atoms with van der Waals surface area (Å²) in [6, 6.07) is 70.9. The summed E-state index contributed by atoms with van der Waals surface area (Å²) in [5.74, 6) is 0.694. The van der Waals surface area contributed by atoms with Gasteiger partial charge in [0.25, 0.3) is 0 Å². The van der Waals surface area contributed by atoms with Crippen LogP contribution in [0.3, 0.4) is 0 Å². The van der Waals surface area contributed by atoms with Gasteiger partial charge in [-0.1, -0.05) is 158 Å². The van der Waals surface area contributed by atoms with E-state index in [1.54, 1.807) is 0 Å². The van der Waals surface area contributed by atoms with Gasteiger partial charge in [0, 0.05) is 33.2 Å². The van der Waals surface area contributed by atoms with Crippen molar-refractivity contribution in [1.29, 1.82) is 0 Å². The van der Waals surface area contributed by atoms with E-state index >= 15 is 0 Å². The van der Waals surface area contributed by atoms with Gasteiger partial charge < -0.3 is 4.57 Å². The molecular formula is C50H33N3. The highest BCUT2D eigenvalue weighted by atomic mass is 15.0. The van der Waals surface area contributed by atoms with Crippen molar-refractivity contribution in [3.05, 3.63) is 200 Å².